The Hall–Kier alpha value is -3.47. The molecule has 0 unspecified atom stereocenters. The summed E-state index contributed by atoms with van der Waals surface area (Å²) in [7, 11) is 0. The monoisotopic (exact) mass is 375 g/mol. The van der Waals surface area contributed by atoms with Crippen LogP contribution in [-0.4, -0.2) is 18.5 Å². The Kier molecular flexibility index (Phi) is 6.17. The summed E-state index contributed by atoms with van der Waals surface area (Å²) in [6, 6.07) is 19.2. The number of aromatic nitrogens is 1. The molecule has 0 bridgehead atoms. The smallest absolute Gasteiger partial charge is 0.340 e. The zero-order valence-corrected chi connectivity index (χ0v) is 16.0. The van der Waals surface area contributed by atoms with Gasteiger partial charge in [-0.3, -0.25) is 4.79 Å². The van der Waals surface area contributed by atoms with Gasteiger partial charge in [-0.15, -0.1) is 0 Å². The van der Waals surface area contributed by atoms with Gasteiger partial charge in [0.25, 0.3) is 5.91 Å². The normalized spacial score (nSPS) is 10.4. The molecule has 1 N–H and O–H groups in total. The molecule has 0 aliphatic carbocycles. The van der Waals surface area contributed by atoms with E-state index < -0.39 is 5.97 Å². The van der Waals surface area contributed by atoms with E-state index in [-0.39, 0.29) is 19.1 Å². The second-order valence-corrected chi connectivity index (χ2v) is 6.40. The van der Waals surface area contributed by atoms with Crippen molar-refractivity contribution in [1.29, 1.82) is 0 Å². The standard InChI is InChI=1S/C23H22N2O3/c1-3-28-23(27)20-13-7-9-17(2)22(20)24-21(26)16-25-14-8-12-19(15-25)18-10-5-4-6-11-18/h4-15H,3,16H2,1-2H3/p+1. The Morgan fingerprint density at radius 1 is 0.964 bits per heavy atom. The summed E-state index contributed by atoms with van der Waals surface area (Å²) in [5, 5.41) is 2.87. The van der Waals surface area contributed by atoms with Crippen LogP contribution in [0.15, 0.2) is 73.1 Å². The highest BCUT2D eigenvalue weighted by Gasteiger charge is 2.18. The molecule has 5 heteroatoms. The molecule has 142 valence electrons. The molecule has 0 saturated carbocycles. The van der Waals surface area contributed by atoms with Crippen LogP contribution in [0.5, 0.6) is 0 Å². The Morgan fingerprint density at radius 2 is 1.71 bits per heavy atom. The van der Waals surface area contributed by atoms with E-state index in [1.807, 2.05) is 72.4 Å². The molecule has 0 saturated heterocycles. The number of hydrogen-bond acceptors (Lipinski definition) is 3. The lowest BCUT2D eigenvalue weighted by atomic mass is 10.1. The summed E-state index contributed by atoms with van der Waals surface area (Å²) >= 11 is 0. The number of nitrogens with zero attached hydrogens (tertiary/aromatic N) is 1. The van der Waals surface area contributed by atoms with Crippen molar-refractivity contribution < 1.29 is 18.9 Å². The van der Waals surface area contributed by atoms with Gasteiger partial charge in [0, 0.05) is 11.6 Å². The van der Waals surface area contributed by atoms with Crippen LogP contribution in [0.3, 0.4) is 0 Å². The highest BCUT2D eigenvalue weighted by Crippen LogP contribution is 2.21. The minimum absolute atomic E-state index is 0.136. The van der Waals surface area contributed by atoms with Gasteiger partial charge in [-0.05, 0) is 37.1 Å². The molecule has 28 heavy (non-hydrogen) atoms. The molecule has 2 aromatic carbocycles. The Labute approximate surface area is 164 Å². The minimum atomic E-state index is -0.444. The third kappa shape index (κ3) is 4.62. The quantitative estimate of drug-likeness (QED) is 0.527. The van der Waals surface area contributed by atoms with Gasteiger partial charge >= 0.3 is 5.97 Å². The van der Waals surface area contributed by atoms with E-state index in [1.54, 1.807) is 19.1 Å². The zero-order valence-electron chi connectivity index (χ0n) is 16.0. The topological polar surface area (TPSA) is 59.3 Å². The molecule has 0 aliphatic heterocycles. The SMILES string of the molecule is CCOC(=O)c1cccc(C)c1NC(=O)C[n+]1cccc(-c2ccccc2)c1. The molecule has 0 radical (unpaired) electrons. The fourth-order valence-corrected chi connectivity index (χ4v) is 2.98. The summed E-state index contributed by atoms with van der Waals surface area (Å²) in [5.74, 6) is -0.657. The van der Waals surface area contributed by atoms with Crippen molar-refractivity contribution in [1.82, 2.24) is 0 Å². The first-order valence-corrected chi connectivity index (χ1v) is 9.19. The van der Waals surface area contributed by atoms with E-state index in [1.165, 1.54) is 0 Å². The van der Waals surface area contributed by atoms with Crippen molar-refractivity contribution in [2.45, 2.75) is 20.4 Å². The lowest BCUT2D eigenvalue weighted by Gasteiger charge is -2.12. The summed E-state index contributed by atoms with van der Waals surface area (Å²) in [6.45, 7) is 4.02. The van der Waals surface area contributed by atoms with Gasteiger partial charge in [0.15, 0.2) is 12.4 Å². The number of carbonyl (C=O) groups is 2. The first kappa shape index (κ1) is 19.3. The molecule has 0 spiro atoms. The van der Waals surface area contributed by atoms with Crippen LogP contribution >= 0.6 is 0 Å². The van der Waals surface area contributed by atoms with Gasteiger partial charge in [0.05, 0.1) is 17.9 Å². The first-order chi connectivity index (χ1) is 13.6. The number of rotatable bonds is 6. The molecular weight excluding hydrogens is 352 g/mol. The Bertz CT molecular complexity index is 984. The number of hydrogen-bond donors (Lipinski definition) is 1. The van der Waals surface area contributed by atoms with E-state index in [4.69, 9.17) is 4.74 Å². The second-order valence-electron chi connectivity index (χ2n) is 6.40. The number of benzene rings is 2. The van der Waals surface area contributed by atoms with Gasteiger partial charge in [-0.25, -0.2) is 4.79 Å². The maximum absolute atomic E-state index is 12.6. The van der Waals surface area contributed by atoms with E-state index in [9.17, 15) is 9.59 Å². The molecule has 1 heterocycles. The number of para-hydroxylation sites is 1. The minimum Gasteiger partial charge on any atom is -0.462 e. The number of amides is 1. The van der Waals surface area contributed by atoms with Gasteiger partial charge in [-0.2, -0.15) is 4.57 Å². The molecule has 0 atom stereocenters. The first-order valence-electron chi connectivity index (χ1n) is 9.19. The van der Waals surface area contributed by atoms with Crippen molar-refractivity contribution in [2.24, 2.45) is 0 Å². The zero-order chi connectivity index (χ0) is 19.9. The third-order valence-corrected chi connectivity index (χ3v) is 4.32. The van der Waals surface area contributed by atoms with Crippen LogP contribution < -0.4 is 9.88 Å². The number of nitrogens with one attached hydrogen (secondary N) is 1. The van der Waals surface area contributed by atoms with Crippen molar-refractivity contribution in [2.75, 3.05) is 11.9 Å². The lowest BCUT2D eigenvalue weighted by Crippen LogP contribution is -2.40. The highest BCUT2D eigenvalue weighted by atomic mass is 16.5. The predicted octanol–water partition coefficient (Wildman–Crippen LogP) is 3.76. The maximum Gasteiger partial charge on any atom is 0.340 e. The van der Waals surface area contributed by atoms with Crippen molar-refractivity contribution in [3.63, 3.8) is 0 Å². The van der Waals surface area contributed by atoms with E-state index >= 15 is 0 Å². The summed E-state index contributed by atoms with van der Waals surface area (Å²) in [6.07, 6.45) is 3.77. The molecule has 3 aromatic rings. The van der Waals surface area contributed by atoms with Crippen LogP contribution in [-0.2, 0) is 16.1 Å². The summed E-state index contributed by atoms with van der Waals surface area (Å²) in [5.41, 5.74) is 3.77. The highest BCUT2D eigenvalue weighted by molar-refractivity contribution is 6.01. The lowest BCUT2D eigenvalue weighted by molar-refractivity contribution is -0.683. The van der Waals surface area contributed by atoms with Crippen molar-refractivity contribution in [3.8, 4) is 11.1 Å². The number of ether oxygens (including phenoxy) is 1. The average Bonchev–Trinajstić information content (AvgIpc) is 2.70. The van der Waals surface area contributed by atoms with Crippen LogP contribution in [0.4, 0.5) is 5.69 Å². The van der Waals surface area contributed by atoms with Crippen LogP contribution in [0.1, 0.15) is 22.8 Å². The van der Waals surface area contributed by atoms with Crippen LogP contribution in [0.25, 0.3) is 11.1 Å². The number of esters is 1. The van der Waals surface area contributed by atoms with E-state index in [2.05, 4.69) is 5.32 Å². The Morgan fingerprint density at radius 3 is 2.46 bits per heavy atom. The summed E-state index contributed by atoms with van der Waals surface area (Å²) < 4.78 is 6.91. The van der Waals surface area contributed by atoms with Gasteiger partial charge in [0.2, 0.25) is 6.54 Å². The Balaban J connectivity index is 1.78. The fraction of sp³-hybridized carbons (Fsp3) is 0.174. The number of carbonyl (C=O) groups excluding carboxylic acids is 2. The number of anilines is 1. The number of aryl methyl sites for hydroxylation is 1. The second kappa shape index (κ2) is 8.95. The number of pyridine rings is 1. The van der Waals surface area contributed by atoms with Gasteiger partial charge in [0.1, 0.15) is 0 Å². The fourth-order valence-electron chi connectivity index (χ4n) is 2.98. The van der Waals surface area contributed by atoms with Crippen LogP contribution in [0.2, 0.25) is 0 Å². The molecule has 3 rings (SSSR count). The molecule has 1 aromatic heterocycles. The van der Waals surface area contributed by atoms with E-state index in [0.29, 0.717) is 11.3 Å². The van der Waals surface area contributed by atoms with Gasteiger partial charge < -0.3 is 10.1 Å². The van der Waals surface area contributed by atoms with Crippen molar-refractivity contribution in [3.05, 3.63) is 84.2 Å². The molecule has 0 fully saturated rings. The maximum atomic E-state index is 12.6. The van der Waals surface area contributed by atoms with Gasteiger partial charge in [-0.1, -0.05) is 42.5 Å². The van der Waals surface area contributed by atoms with Crippen LogP contribution in [0, 0.1) is 6.92 Å². The molecule has 5 nitrogen and oxygen atoms in total. The largest absolute Gasteiger partial charge is 0.462 e. The third-order valence-electron chi connectivity index (χ3n) is 4.32. The average molecular weight is 375 g/mol. The molecule has 1 amide bonds. The predicted molar refractivity (Wildman–Crippen MR) is 108 cm³/mol. The van der Waals surface area contributed by atoms with Crippen molar-refractivity contribution >= 4 is 17.6 Å². The molecule has 0 aliphatic rings. The van der Waals surface area contributed by atoms with E-state index in [0.717, 1.165) is 16.7 Å². The molecular formula is C23H23N2O3+. The summed E-state index contributed by atoms with van der Waals surface area (Å²) in [4.78, 5) is 24.8.